The number of phenols is 1. The Kier molecular flexibility index (Phi) is 9.06. The van der Waals surface area contributed by atoms with E-state index in [4.69, 9.17) is 4.74 Å². The number of ether oxygens (including phenoxy) is 1. The van der Waals surface area contributed by atoms with E-state index >= 15 is 0 Å². The Bertz CT molecular complexity index is 1120. The van der Waals surface area contributed by atoms with Gasteiger partial charge in [-0.25, -0.2) is 4.79 Å². The van der Waals surface area contributed by atoms with Gasteiger partial charge in [0.15, 0.2) is 17.2 Å². The lowest BCUT2D eigenvalue weighted by atomic mass is 9.74. The Labute approximate surface area is 204 Å². The summed E-state index contributed by atoms with van der Waals surface area (Å²) < 4.78 is 4.77. The molecule has 1 aliphatic carbocycles. The van der Waals surface area contributed by atoms with E-state index < -0.39 is 40.6 Å². The van der Waals surface area contributed by atoms with Crippen LogP contribution < -0.4 is 0 Å². The number of phenolic OH excluding ortho intramolecular Hbond substituents is 1. The van der Waals surface area contributed by atoms with Gasteiger partial charge in [0.25, 0.3) is 0 Å². The molecule has 3 unspecified atom stereocenters. The molecule has 0 aliphatic heterocycles. The number of allylic oxidation sites excluding steroid dienone is 5. The quantitative estimate of drug-likeness (QED) is 0.199. The van der Waals surface area contributed by atoms with Crippen LogP contribution in [0.25, 0.3) is 5.57 Å². The topological polar surface area (TPSA) is 138 Å². The zero-order chi connectivity index (χ0) is 26.5. The van der Waals surface area contributed by atoms with Gasteiger partial charge in [0.05, 0.1) is 18.8 Å². The third-order valence-electron chi connectivity index (χ3n) is 5.93. The van der Waals surface area contributed by atoms with Gasteiger partial charge < -0.3 is 20.1 Å². The molecule has 3 atom stereocenters. The van der Waals surface area contributed by atoms with Gasteiger partial charge in [0.1, 0.15) is 17.1 Å². The summed E-state index contributed by atoms with van der Waals surface area (Å²) >= 11 is 0. The monoisotopic (exact) mass is 484 g/mol. The number of rotatable bonds is 10. The number of ketones is 3. The molecule has 0 radical (unpaired) electrons. The summed E-state index contributed by atoms with van der Waals surface area (Å²) in [4.78, 5) is 50.7. The van der Waals surface area contributed by atoms with Crippen LogP contribution in [-0.4, -0.2) is 51.9 Å². The summed E-state index contributed by atoms with van der Waals surface area (Å²) in [7, 11) is 1.06. The molecule has 0 saturated carbocycles. The predicted molar refractivity (Wildman–Crippen MR) is 130 cm³/mol. The number of esters is 1. The molecule has 1 aliphatic rings. The van der Waals surface area contributed by atoms with E-state index in [1.165, 1.54) is 25.1 Å². The molecule has 0 fully saturated rings. The second-order valence-corrected chi connectivity index (χ2v) is 8.93. The Morgan fingerprint density at radius 1 is 1.20 bits per heavy atom. The van der Waals surface area contributed by atoms with Crippen LogP contribution in [0.2, 0.25) is 0 Å². The lowest BCUT2D eigenvalue weighted by Crippen LogP contribution is -2.37. The van der Waals surface area contributed by atoms with Crippen molar-refractivity contribution in [2.24, 2.45) is 5.92 Å². The molecule has 3 N–H and O–H groups in total. The maximum absolute atomic E-state index is 12.9. The van der Waals surface area contributed by atoms with E-state index in [0.29, 0.717) is 5.92 Å². The van der Waals surface area contributed by atoms with Gasteiger partial charge in [-0.1, -0.05) is 38.5 Å². The minimum Gasteiger partial charge on any atom is -0.506 e. The van der Waals surface area contributed by atoms with Crippen molar-refractivity contribution in [2.75, 3.05) is 7.11 Å². The lowest BCUT2D eigenvalue weighted by Gasteiger charge is -2.32. The number of methoxy groups -OCH3 is 1. The Balaban J connectivity index is 2.72. The number of aliphatic hydroxyl groups is 2. The summed E-state index contributed by atoms with van der Waals surface area (Å²) in [5, 5.41) is 31.4. The number of hydrogen-bond donors (Lipinski definition) is 3. The van der Waals surface area contributed by atoms with E-state index in [1.54, 1.807) is 6.08 Å². The highest BCUT2D eigenvalue weighted by atomic mass is 16.5. The first kappa shape index (κ1) is 27.9. The Hall–Kier alpha value is -3.36. The highest BCUT2D eigenvalue weighted by Gasteiger charge is 2.43. The summed E-state index contributed by atoms with van der Waals surface area (Å²) in [6.07, 6.45) is 6.99. The SMILES string of the molecule is CCC(C)C=CC=CC(=O)c1cc2c(c(C(=O)OC)c1O)C(C)(O)C(=O)C=C2CC(=O)CC(C)O. The summed E-state index contributed by atoms with van der Waals surface area (Å²) in [5.41, 5.74) is -2.99. The first-order chi connectivity index (χ1) is 16.3. The molecule has 0 bridgehead atoms. The highest BCUT2D eigenvalue weighted by Crippen LogP contribution is 2.44. The zero-order valence-corrected chi connectivity index (χ0v) is 20.6. The van der Waals surface area contributed by atoms with Crippen LogP contribution in [0.4, 0.5) is 0 Å². The number of carbonyl (C=O) groups is 4. The average Bonchev–Trinajstić information content (AvgIpc) is 2.78. The van der Waals surface area contributed by atoms with Gasteiger partial charge >= 0.3 is 5.97 Å². The fraction of sp³-hybridized carbons (Fsp3) is 0.407. The minimum atomic E-state index is -2.22. The Morgan fingerprint density at radius 3 is 2.43 bits per heavy atom. The van der Waals surface area contributed by atoms with Crippen LogP contribution in [0.1, 0.15) is 78.8 Å². The molecule has 35 heavy (non-hydrogen) atoms. The van der Waals surface area contributed by atoms with Crippen LogP contribution in [0, 0.1) is 5.92 Å². The molecule has 0 amide bonds. The van der Waals surface area contributed by atoms with Crippen molar-refractivity contribution in [3.8, 4) is 5.75 Å². The van der Waals surface area contributed by atoms with Gasteiger partial charge in [-0.15, -0.1) is 0 Å². The third kappa shape index (κ3) is 6.21. The fourth-order valence-corrected chi connectivity index (χ4v) is 3.80. The molecule has 8 heteroatoms. The van der Waals surface area contributed by atoms with Crippen LogP contribution in [0.5, 0.6) is 5.75 Å². The predicted octanol–water partition coefficient (Wildman–Crippen LogP) is 3.42. The van der Waals surface area contributed by atoms with Crippen LogP contribution in [0.3, 0.4) is 0 Å². The normalized spacial score (nSPS) is 19.4. The van der Waals surface area contributed by atoms with Crippen LogP contribution in [0.15, 0.2) is 36.4 Å². The smallest absolute Gasteiger partial charge is 0.342 e. The van der Waals surface area contributed by atoms with Gasteiger partial charge in [0, 0.05) is 18.4 Å². The molecular formula is C27H32O8. The maximum atomic E-state index is 12.9. The van der Waals surface area contributed by atoms with Crippen LogP contribution >= 0.6 is 0 Å². The number of Topliss-reactive ketones (excluding diaryl/α,β-unsaturated/α-hetero) is 1. The van der Waals surface area contributed by atoms with Crippen molar-refractivity contribution in [1.29, 1.82) is 0 Å². The van der Waals surface area contributed by atoms with E-state index in [1.807, 2.05) is 19.9 Å². The summed E-state index contributed by atoms with van der Waals surface area (Å²) in [5.74, 6) is -3.30. The average molecular weight is 485 g/mol. The third-order valence-corrected chi connectivity index (χ3v) is 5.93. The zero-order valence-electron chi connectivity index (χ0n) is 20.6. The van der Waals surface area contributed by atoms with Crippen molar-refractivity contribution < 1.29 is 39.2 Å². The molecule has 8 nitrogen and oxygen atoms in total. The molecule has 0 aromatic heterocycles. The van der Waals surface area contributed by atoms with E-state index in [0.717, 1.165) is 26.5 Å². The molecule has 2 rings (SSSR count). The number of benzene rings is 1. The molecule has 0 saturated heterocycles. The van der Waals surface area contributed by atoms with Gasteiger partial charge in [-0.2, -0.15) is 0 Å². The van der Waals surface area contributed by atoms with E-state index in [9.17, 15) is 34.5 Å². The van der Waals surface area contributed by atoms with Crippen molar-refractivity contribution in [2.45, 2.75) is 58.7 Å². The molecule has 1 aromatic carbocycles. The largest absolute Gasteiger partial charge is 0.506 e. The highest BCUT2D eigenvalue weighted by molar-refractivity contribution is 6.15. The second-order valence-electron chi connectivity index (χ2n) is 8.93. The molecule has 188 valence electrons. The first-order valence-corrected chi connectivity index (χ1v) is 11.4. The number of hydrogen-bond acceptors (Lipinski definition) is 8. The molecule has 1 aromatic rings. The first-order valence-electron chi connectivity index (χ1n) is 11.4. The van der Waals surface area contributed by atoms with E-state index in [2.05, 4.69) is 0 Å². The molecular weight excluding hydrogens is 452 g/mol. The maximum Gasteiger partial charge on any atom is 0.342 e. The summed E-state index contributed by atoms with van der Waals surface area (Å²) in [6.45, 7) is 6.65. The van der Waals surface area contributed by atoms with Crippen molar-refractivity contribution in [3.63, 3.8) is 0 Å². The molecule has 0 heterocycles. The molecule has 0 spiro atoms. The second kappa shape index (κ2) is 11.4. The van der Waals surface area contributed by atoms with Crippen LogP contribution in [-0.2, 0) is 19.9 Å². The summed E-state index contributed by atoms with van der Waals surface area (Å²) in [6, 6.07) is 1.25. The van der Waals surface area contributed by atoms with Crippen molar-refractivity contribution in [3.05, 3.63) is 58.7 Å². The lowest BCUT2D eigenvalue weighted by molar-refractivity contribution is -0.131. The number of fused-ring (bicyclic) bond motifs is 1. The fourth-order valence-electron chi connectivity index (χ4n) is 3.80. The minimum absolute atomic E-state index is 0.0960. The number of carbonyl (C=O) groups excluding carboxylic acids is 4. The van der Waals surface area contributed by atoms with E-state index in [-0.39, 0.29) is 40.9 Å². The van der Waals surface area contributed by atoms with Gasteiger partial charge in [-0.05, 0) is 49.1 Å². The Morgan fingerprint density at radius 2 is 1.86 bits per heavy atom. The van der Waals surface area contributed by atoms with Crippen molar-refractivity contribution in [1.82, 2.24) is 0 Å². The van der Waals surface area contributed by atoms with Gasteiger partial charge in [-0.3, -0.25) is 14.4 Å². The number of aromatic hydroxyl groups is 1. The number of aliphatic hydroxyl groups excluding tert-OH is 1. The van der Waals surface area contributed by atoms with Gasteiger partial charge in [0.2, 0.25) is 0 Å². The standard InChI is InChI=1S/C27H32O8/c1-6-15(2)9-7-8-10-21(30)20-14-19-17(12-18(29)11-16(3)28)13-22(31)27(4,34)24(19)23(25(20)32)26(33)35-5/h7-10,13-16,28,32,34H,6,11-12H2,1-5H3. The van der Waals surface area contributed by atoms with Crippen molar-refractivity contribution >= 4 is 28.9 Å².